The maximum absolute atomic E-state index is 12.1. The zero-order valence-electron chi connectivity index (χ0n) is 25.7. The molecule has 0 aliphatic carbocycles. The number of benzene rings is 2. The van der Waals surface area contributed by atoms with Gasteiger partial charge in [0, 0.05) is 21.2 Å². The van der Waals surface area contributed by atoms with Crippen LogP contribution in [0, 0.1) is 0 Å². The van der Waals surface area contributed by atoms with Gasteiger partial charge in [-0.15, -0.1) is 10.2 Å². The first kappa shape index (κ1) is 35.2. The highest BCUT2D eigenvalue weighted by molar-refractivity contribution is 9.10. The van der Waals surface area contributed by atoms with Gasteiger partial charge in [-0.05, 0) is 53.3 Å². The van der Waals surface area contributed by atoms with Crippen molar-refractivity contribution in [1.29, 1.82) is 0 Å². The Balaban J connectivity index is 0.000000173. The van der Waals surface area contributed by atoms with Crippen molar-refractivity contribution in [2.24, 2.45) is 15.2 Å². The summed E-state index contributed by atoms with van der Waals surface area (Å²) in [6.45, 7) is 2.00. The van der Waals surface area contributed by atoms with Crippen LogP contribution in [0.25, 0.3) is 16.6 Å². The van der Waals surface area contributed by atoms with Gasteiger partial charge in [0.05, 0.1) is 43.6 Å². The second-order valence-corrected chi connectivity index (χ2v) is 11.3. The number of hydrogen-bond donors (Lipinski definition) is 3. The van der Waals surface area contributed by atoms with E-state index in [-0.39, 0.29) is 5.70 Å². The molecule has 16 heteroatoms. The lowest BCUT2D eigenvalue weighted by atomic mass is 9.81. The number of carbonyl (C=O) groups is 2. The monoisotopic (exact) mass is 764 g/mol. The molecule has 0 atom stereocenters. The Kier molecular flexibility index (Phi) is 12.2. The first-order valence-corrected chi connectivity index (χ1v) is 15.6. The lowest BCUT2D eigenvalue weighted by Crippen LogP contribution is -2.68. The Labute approximate surface area is 286 Å². The molecule has 47 heavy (non-hydrogen) atoms. The minimum atomic E-state index is -1.38. The second kappa shape index (κ2) is 16.3. The molecule has 0 fully saturated rings. The summed E-state index contributed by atoms with van der Waals surface area (Å²) < 4.78 is 13.0. The standard InChI is InChI=1S/C16H14BrN3O2.C9H8N4O2.C6H6BBrO2/c1-3-12-14-13(7-8-18-12)20(19-15(14)16(21)22-2)11-6-4-5-10(17)9-11;1-10-8-6-5(3-4-11-8)12-13-7(6)9(14)15-2;8-6-3-1-2-5(4-6)7(9)10/h4-9H,3H2,1-2H3;3-4H,1-2H3;1-4,9-10H/p+1. The quantitative estimate of drug-likeness (QED) is 0.205. The molecule has 0 radical (unpaired) electrons. The Morgan fingerprint density at radius 2 is 1.68 bits per heavy atom. The first-order valence-electron chi connectivity index (χ1n) is 14.0. The van der Waals surface area contributed by atoms with E-state index in [4.69, 9.17) is 14.8 Å². The van der Waals surface area contributed by atoms with Gasteiger partial charge in [-0.2, -0.15) is 5.10 Å². The summed E-state index contributed by atoms with van der Waals surface area (Å²) in [6.07, 6.45) is 5.74. The summed E-state index contributed by atoms with van der Waals surface area (Å²) in [5.74, 6) is -0.402. The second-order valence-electron chi connectivity index (χ2n) is 9.51. The van der Waals surface area contributed by atoms with E-state index in [1.165, 1.54) is 14.2 Å². The number of azo groups is 1. The highest BCUT2D eigenvalue weighted by atomic mass is 79.9. The number of amidine groups is 1. The number of aliphatic imine (C=N–C) groups is 1. The van der Waals surface area contributed by atoms with Crippen molar-refractivity contribution in [1.82, 2.24) is 14.8 Å². The molecule has 4 aromatic rings. The van der Waals surface area contributed by atoms with Crippen LogP contribution in [-0.2, 0) is 20.7 Å². The van der Waals surface area contributed by atoms with E-state index in [2.05, 4.69) is 66.9 Å². The number of halogens is 2. The van der Waals surface area contributed by atoms with Crippen molar-refractivity contribution in [2.45, 2.75) is 13.3 Å². The van der Waals surface area contributed by atoms with Crippen molar-refractivity contribution in [2.75, 3.05) is 21.3 Å². The van der Waals surface area contributed by atoms with Gasteiger partial charge in [0.2, 0.25) is 0 Å². The van der Waals surface area contributed by atoms with Gasteiger partial charge < -0.3 is 19.5 Å². The molecule has 240 valence electrons. The molecule has 2 aromatic carbocycles. The summed E-state index contributed by atoms with van der Waals surface area (Å²) in [6, 6.07) is 16.5. The average molecular weight is 766 g/mol. The predicted octanol–water partition coefficient (Wildman–Crippen LogP) is 2.62. The van der Waals surface area contributed by atoms with Gasteiger partial charge in [-0.25, -0.2) is 14.3 Å². The van der Waals surface area contributed by atoms with Crippen LogP contribution in [0.2, 0.25) is 0 Å². The number of methoxy groups -OCH3 is 2. The third-order valence-electron chi connectivity index (χ3n) is 6.62. The SMILES string of the molecule is CCc1nccc2c1c(C(=O)OC)nn2-c1cccc(Br)c1.C[NH+]=C1N=CC=C2N=NC(C(=O)OC)=C21.OB(O)c1cccc(Br)c1. The molecule has 2 aliphatic rings. The molecule has 0 saturated heterocycles. The van der Waals surface area contributed by atoms with Crippen molar-refractivity contribution in [3.05, 3.63) is 104 Å². The molecule has 0 bridgehead atoms. The van der Waals surface area contributed by atoms with Crippen LogP contribution in [0.15, 0.2) is 108 Å². The van der Waals surface area contributed by atoms with Gasteiger partial charge in [0.15, 0.2) is 11.4 Å². The van der Waals surface area contributed by atoms with E-state index in [1.807, 2.05) is 43.3 Å². The number of aromatic nitrogens is 3. The van der Waals surface area contributed by atoms with Crippen LogP contribution >= 0.6 is 31.9 Å². The van der Waals surface area contributed by atoms with Crippen LogP contribution in [0.3, 0.4) is 0 Å². The summed E-state index contributed by atoms with van der Waals surface area (Å²) in [7, 11) is 3.00. The van der Waals surface area contributed by atoms with E-state index >= 15 is 0 Å². The molecule has 2 aliphatic heterocycles. The number of allylic oxidation sites excluding steroid dienone is 1. The number of esters is 2. The molecule has 0 saturated carbocycles. The van der Waals surface area contributed by atoms with Gasteiger partial charge in [0.1, 0.15) is 17.5 Å². The van der Waals surface area contributed by atoms with Crippen molar-refractivity contribution in [3.63, 3.8) is 0 Å². The number of aryl methyl sites for hydroxylation is 1. The largest absolute Gasteiger partial charge is 0.488 e. The fourth-order valence-corrected chi connectivity index (χ4v) is 5.27. The summed E-state index contributed by atoms with van der Waals surface area (Å²) in [4.78, 5) is 34.8. The van der Waals surface area contributed by atoms with Crippen molar-refractivity contribution in [3.8, 4) is 5.69 Å². The number of pyridine rings is 1. The third-order valence-corrected chi connectivity index (χ3v) is 7.61. The molecule has 13 nitrogen and oxygen atoms in total. The highest BCUT2D eigenvalue weighted by Gasteiger charge is 2.33. The molecule has 4 heterocycles. The third kappa shape index (κ3) is 8.21. The normalized spacial score (nSPS) is 13.7. The molecular weight excluding hydrogens is 737 g/mol. The maximum Gasteiger partial charge on any atom is 0.488 e. The average Bonchev–Trinajstić information content (AvgIpc) is 3.71. The van der Waals surface area contributed by atoms with E-state index in [0.717, 1.165) is 31.2 Å². The van der Waals surface area contributed by atoms with Crippen molar-refractivity contribution < 1.29 is 34.1 Å². The Bertz CT molecular complexity index is 1970. The van der Waals surface area contributed by atoms with E-state index in [1.54, 1.807) is 48.4 Å². The van der Waals surface area contributed by atoms with Crippen molar-refractivity contribution >= 4 is 79.3 Å². The van der Waals surface area contributed by atoms with Crippen LogP contribution in [-0.4, -0.2) is 77.2 Å². The predicted molar refractivity (Wildman–Crippen MR) is 184 cm³/mol. The minimum Gasteiger partial charge on any atom is -0.464 e. The van der Waals surface area contributed by atoms with E-state index in [0.29, 0.717) is 34.7 Å². The number of carbonyl (C=O) groups excluding carboxylic acids is 2. The van der Waals surface area contributed by atoms with E-state index in [9.17, 15) is 9.59 Å². The number of hydrogen-bond acceptors (Lipinski definition) is 10. The van der Waals surface area contributed by atoms with Gasteiger partial charge in [-0.1, -0.05) is 57.0 Å². The van der Waals surface area contributed by atoms with Crippen LogP contribution in [0.1, 0.15) is 23.1 Å². The highest BCUT2D eigenvalue weighted by Crippen LogP contribution is 2.28. The van der Waals surface area contributed by atoms with Gasteiger partial charge in [-0.3, -0.25) is 9.98 Å². The smallest absolute Gasteiger partial charge is 0.464 e. The molecular formula is C31H29BBr2N7O6+. The fourth-order valence-electron chi connectivity index (χ4n) is 4.46. The molecule has 0 amide bonds. The zero-order valence-corrected chi connectivity index (χ0v) is 28.9. The first-order chi connectivity index (χ1) is 22.6. The summed E-state index contributed by atoms with van der Waals surface area (Å²) in [5, 5.41) is 30.2. The summed E-state index contributed by atoms with van der Waals surface area (Å²) >= 11 is 6.66. The topological polar surface area (TPSA) is 175 Å². The number of nitrogens with one attached hydrogen (secondary N) is 1. The molecule has 0 unspecified atom stereocenters. The summed E-state index contributed by atoms with van der Waals surface area (Å²) in [5.41, 5.74) is 4.72. The fraction of sp³-hybridized carbons (Fsp3) is 0.161. The Morgan fingerprint density at radius 3 is 2.28 bits per heavy atom. The lowest BCUT2D eigenvalue weighted by Gasteiger charge is -2.04. The molecule has 0 spiro atoms. The number of ether oxygens (including phenoxy) is 2. The molecule has 2 aromatic heterocycles. The van der Waals surface area contributed by atoms with Crippen LogP contribution in [0.5, 0.6) is 0 Å². The maximum atomic E-state index is 12.1. The van der Waals surface area contributed by atoms with Crippen LogP contribution < -0.4 is 10.5 Å². The number of fused-ring (bicyclic) bond motifs is 2. The Hall–Kier alpha value is -4.64. The zero-order chi connectivity index (χ0) is 34.1. The van der Waals surface area contributed by atoms with Crippen LogP contribution in [0.4, 0.5) is 0 Å². The van der Waals surface area contributed by atoms with Gasteiger partial charge >= 0.3 is 24.9 Å². The van der Waals surface area contributed by atoms with Gasteiger partial charge in [0.25, 0.3) is 0 Å². The molecule has 6 rings (SSSR count). The van der Waals surface area contributed by atoms with E-state index < -0.39 is 19.1 Å². The number of dihydropyridines is 1. The number of nitrogens with zero attached hydrogens (tertiary/aromatic N) is 6. The lowest BCUT2D eigenvalue weighted by molar-refractivity contribution is -0.420. The molecule has 3 N–H and O–H groups in total. The Morgan fingerprint density at radius 1 is 0.979 bits per heavy atom. The minimum absolute atomic E-state index is 0.185. The number of rotatable bonds is 5.